The van der Waals surface area contributed by atoms with Crippen molar-refractivity contribution in [3.05, 3.63) is 223 Å². The van der Waals surface area contributed by atoms with Crippen molar-refractivity contribution in [2.45, 2.75) is 26.2 Å². The lowest BCUT2D eigenvalue weighted by Crippen LogP contribution is -2.18. The molecule has 0 bridgehead atoms. The molecule has 7 aromatic carbocycles. The summed E-state index contributed by atoms with van der Waals surface area (Å²) in [5.41, 5.74) is 17.4. The highest BCUT2D eigenvalue weighted by Gasteiger charge is 2.20. The summed E-state index contributed by atoms with van der Waals surface area (Å²) in [6, 6.07) is 64.2. The third-order valence-corrected chi connectivity index (χ3v) is 11.7. The molecule has 1 aromatic heterocycles. The predicted octanol–water partition coefficient (Wildman–Crippen LogP) is 15.0. The van der Waals surface area contributed by atoms with Gasteiger partial charge < -0.3 is 9.47 Å². The van der Waals surface area contributed by atoms with Gasteiger partial charge in [0, 0.05) is 33.5 Å². The molecule has 8 aromatic rings. The van der Waals surface area contributed by atoms with Crippen molar-refractivity contribution in [2.75, 3.05) is 4.90 Å². The van der Waals surface area contributed by atoms with E-state index < -0.39 is 0 Å². The highest BCUT2D eigenvalue weighted by atomic mass is 15.1. The van der Waals surface area contributed by atoms with Crippen LogP contribution in [0.5, 0.6) is 0 Å². The molecule has 1 atom stereocenters. The summed E-state index contributed by atoms with van der Waals surface area (Å²) in [4.78, 5) is 2.44. The first-order valence-electron chi connectivity index (χ1n) is 20.2. The van der Waals surface area contributed by atoms with E-state index >= 15 is 0 Å². The van der Waals surface area contributed by atoms with Gasteiger partial charge in [0.05, 0.1) is 11.0 Å². The van der Waals surface area contributed by atoms with Crippen molar-refractivity contribution in [2.24, 2.45) is 5.92 Å². The topological polar surface area (TPSA) is 8.17 Å². The number of benzene rings is 7. The van der Waals surface area contributed by atoms with Gasteiger partial charge in [0.1, 0.15) is 0 Å². The van der Waals surface area contributed by atoms with Crippen molar-refractivity contribution in [1.29, 1.82) is 0 Å². The van der Waals surface area contributed by atoms with Gasteiger partial charge in [0.2, 0.25) is 0 Å². The van der Waals surface area contributed by atoms with Crippen LogP contribution in [0.25, 0.3) is 60.9 Å². The van der Waals surface area contributed by atoms with Crippen molar-refractivity contribution in [3.63, 3.8) is 0 Å². The van der Waals surface area contributed by atoms with Crippen LogP contribution in [0.2, 0.25) is 0 Å². The summed E-state index contributed by atoms with van der Waals surface area (Å²) in [6.07, 6.45) is 14.7. The van der Waals surface area contributed by atoms with Gasteiger partial charge in [-0.2, -0.15) is 0 Å². The van der Waals surface area contributed by atoms with Crippen LogP contribution >= 0.6 is 0 Å². The summed E-state index contributed by atoms with van der Waals surface area (Å²) < 4.78 is 2.41. The molecule has 2 aliphatic carbocycles. The molecule has 1 unspecified atom stereocenters. The first-order chi connectivity index (χ1) is 28.2. The molecule has 0 saturated heterocycles. The minimum absolute atomic E-state index is 0.564. The number of nitrogens with zero attached hydrogens (tertiary/aromatic N) is 2. The molecule has 10 rings (SSSR count). The average Bonchev–Trinajstić information content (AvgIpc) is 3.61. The van der Waals surface area contributed by atoms with E-state index in [0.29, 0.717) is 5.92 Å². The number of fused-ring (bicyclic) bond motifs is 3. The number of para-hydroxylation sites is 1. The average molecular weight is 733 g/mol. The summed E-state index contributed by atoms with van der Waals surface area (Å²) in [5, 5.41) is 2.56. The molecule has 0 aliphatic heterocycles. The molecule has 0 N–H and O–H groups in total. The van der Waals surface area contributed by atoms with Crippen LogP contribution in [0, 0.1) is 5.92 Å². The van der Waals surface area contributed by atoms with E-state index in [0.717, 1.165) is 19.3 Å². The maximum Gasteiger partial charge on any atom is 0.0541 e. The molecule has 0 radical (unpaired) electrons. The Hall–Kier alpha value is -6.90. The first-order valence-corrected chi connectivity index (χ1v) is 20.2. The fourth-order valence-corrected chi connectivity index (χ4v) is 8.69. The minimum atomic E-state index is 0.564. The van der Waals surface area contributed by atoms with Gasteiger partial charge >= 0.3 is 0 Å². The molecule has 2 aliphatic rings. The van der Waals surface area contributed by atoms with E-state index in [1.807, 2.05) is 0 Å². The highest BCUT2D eigenvalue weighted by Crippen LogP contribution is 2.40. The van der Waals surface area contributed by atoms with Crippen molar-refractivity contribution < 1.29 is 0 Å². The zero-order chi connectivity index (χ0) is 38.1. The lowest BCUT2D eigenvalue weighted by atomic mass is 9.93. The SMILES string of the molecule is CC1C=C(c2ccc(N(C3=CC=C(c4ccc5c(c4)c4ccccc4n5-c4ccc(-c5ccccc5)cc4)CC3)c3ccc(-c4ccccc4)cc3)cc2)C=CC1. The van der Waals surface area contributed by atoms with E-state index in [9.17, 15) is 0 Å². The Labute approximate surface area is 335 Å². The third kappa shape index (κ3) is 6.74. The quantitative estimate of drug-likeness (QED) is 0.151. The number of rotatable bonds is 8. The molecular weight excluding hydrogens is 689 g/mol. The highest BCUT2D eigenvalue weighted by molar-refractivity contribution is 6.10. The second kappa shape index (κ2) is 15.0. The number of hydrogen-bond donors (Lipinski definition) is 0. The predicted molar refractivity (Wildman–Crippen MR) is 243 cm³/mol. The molecule has 0 spiro atoms. The lowest BCUT2D eigenvalue weighted by Gasteiger charge is -2.30. The van der Waals surface area contributed by atoms with E-state index in [1.54, 1.807) is 0 Å². The maximum absolute atomic E-state index is 2.44. The Morgan fingerprint density at radius 2 is 1.05 bits per heavy atom. The zero-order valence-electron chi connectivity index (χ0n) is 32.2. The molecule has 2 nitrogen and oxygen atoms in total. The fraction of sp³-hybridized carbons (Fsp3) is 0.0909. The van der Waals surface area contributed by atoms with Gasteiger partial charge in [-0.25, -0.2) is 0 Å². The van der Waals surface area contributed by atoms with Crippen molar-refractivity contribution in [3.8, 4) is 27.9 Å². The van der Waals surface area contributed by atoms with E-state index in [4.69, 9.17) is 0 Å². The van der Waals surface area contributed by atoms with E-state index in [2.05, 4.69) is 223 Å². The van der Waals surface area contributed by atoms with Gasteiger partial charge in [0.15, 0.2) is 0 Å². The molecular formula is C55H44N2. The van der Waals surface area contributed by atoms with Gasteiger partial charge in [-0.05, 0) is 130 Å². The standard InChI is InChI=1S/C55H44N2/c1-39-11-10-16-46(37-39)44-23-30-49(31-24-44)56(48-28-19-42(20-29-48)40-12-4-2-5-13-40)50-32-25-45(26-33-50)47-27-36-55-53(38-47)52-17-8-9-18-54(52)57(55)51-34-21-43(22-35-51)41-14-6-3-7-15-41/h2-10,12-25,27-32,34-39H,11,26,33H2,1H3. The Morgan fingerprint density at radius 1 is 0.491 bits per heavy atom. The fourth-order valence-electron chi connectivity index (χ4n) is 8.69. The molecule has 1 heterocycles. The van der Waals surface area contributed by atoms with E-state index in [1.165, 1.54) is 89.1 Å². The monoisotopic (exact) mass is 732 g/mol. The summed E-state index contributed by atoms with van der Waals surface area (Å²) >= 11 is 0. The van der Waals surface area contributed by atoms with Crippen LogP contribution in [0.15, 0.2) is 212 Å². The number of anilines is 2. The molecule has 274 valence electrons. The van der Waals surface area contributed by atoms with Crippen molar-refractivity contribution >= 4 is 44.3 Å². The van der Waals surface area contributed by atoms with Crippen LogP contribution in [0.1, 0.15) is 37.3 Å². The Balaban J connectivity index is 0.998. The van der Waals surface area contributed by atoms with Crippen LogP contribution < -0.4 is 4.90 Å². The first kappa shape index (κ1) is 34.6. The maximum atomic E-state index is 2.44. The Morgan fingerprint density at radius 3 is 1.68 bits per heavy atom. The van der Waals surface area contributed by atoms with Crippen LogP contribution in [0.4, 0.5) is 11.4 Å². The summed E-state index contributed by atoms with van der Waals surface area (Å²) in [5.74, 6) is 0.564. The molecule has 0 amide bonds. The van der Waals surface area contributed by atoms with Gasteiger partial charge in [-0.15, -0.1) is 0 Å². The molecule has 0 fully saturated rings. The smallest absolute Gasteiger partial charge is 0.0541 e. The zero-order valence-corrected chi connectivity index (χ0v) is 32.2. The number of aromatic nitrogens is 1. The lowest BCUT2D eigenvalue weighted by molar-refractivity contribution is 0.740. The molecule has 57 heavy (non-hydrogen) atoms. The second-order valence-corrected chi connectivity index (χ2v) is 15.4. The van der Waals surface area contributed by atoms with Crippen LogP contribution in [0.3, 0.4) is 0 Å². The van der Waals surface area contributed by atoms with Crippen molar-refractivity contribution in [1.82, 2.24) is 4.57 Å². The Kier molecular flexibility index (Phi) is 9.08. The number of allylic oxidation sites excluding steroid dienone is 8. The second-order valence-electron chi connectivity index (χ2n) is 15.4. The van der Waals surface area contributed by atoms with Gasteiger partial charge in [0.25, 0.3) is 0 Å². The minimum Gasteiger partial charge on any atom is -0.314 e. The van der Waals surface area contributed by atoms with Crippen LogP contribution in [-0.4, -0.2) is 4.57 Å². The molecule has 2 heteroatoms. The third-order valence-electron chi connectivity index (χ3n) is 11.7. The normalized spacial score (nSPS) is 15.3. The van der Waals surface area contributed by atoms with Gasteiger partial charge in [-0.1, -0.05) is 153 Å². The van der Waals surface area contributed by atoms with Gasteiger partial charge in [-0.3, -0.25) is 0 Å². The summed E-state index contributed by atoms with van der Waals surface area (Å²) in [7, 11) is 0. The summed E-state index contributed by atoms with van der Waals surface area (Å²) in [6.45, 7) is 2.29. The van der Waals surface area contributed by atoms with Crippen LogP contribution in [-0.2, 0) is 0 Å². The van der Waals surface area contributed by atoms with E-state index in [-0.39, 0.29) is 0 Å². The Bertz CT molecular complexity index is 2830. The largest absolute Gasteiger partial charge is 0.314 e. The molecule has 0 saturated carbocycles. The number of hydrogen-bond acceptors (Lipinski definition) is 1.